The molecule has 0 spiro atoms. The number of nitrogens with one attached hydrogen (secondary N) is 1. The lowest BCUT2D eigenvalue weighted by Gasteiger charge is -2.15. The molecule has 0 bridgehead atoms. The second-order valence-electron chi connectivity index (χ2n) is 4.40. The van der Waals surface area contributed by atoms with Crippen LogP contribution >= 0.6 is 0 Å². The third-order valence-electron chi connectivity index (χ3n) is 3.04. The Labute approximate surface area is 108 Å². The van der Waals surface area contributed by atoms with Gasteiger partial charge in [-0.1, -0.05) is 24.9 Å². The van der Waals surface area contributed by atoms with Gasteiger partial charge in [-0.3, -0.25) is 4.79 Å². The van der Waals surface area contributed by atoms with Crippen molar-refractivity contribution in [2.45, 2.75) is 52.6 Å². The van der Waals surface area contributed by atoms with E-state index in [9.17, 15) is 4.79 Å². The fourth-order valence-corrected chi connectivity index (χ4v) is 1.83. The topological polar surface area (TPSA) is 64.4 Å². The number of aryl methyl sites for hydroxylation is 2. The molecule has 102 valence electrons. The summed E-state index contributed by atoms with van der Waals surface area (Å²) >= 11 is 0. The van der Waals surface area contributed by atoms with Crippen molar-refractivity contribution >= 4 is 5.97 Å². The summed E-state index contributed by atoms with van der Waals surface area (Å²) in [5, 5.41) is 7.10. The molecule has 1 heterocycles. The molecule has 18 heavy (non-hydrogen) atoms. The lowest BCUT2D eigenvalue weighted by atomic mass is 10.1. The van der Waals surface area contributed by atoms with E-state index in [1.807, 2.05) is 13.8 Å². The average Bonchev–Trinajstić information content (AvgIpc) is 2.69. The number of methoxy groups -OCH3 is 1. The highest BCUT2D eigenvalue weighted by atomic mass is 16.5. The van der Waals surface area contributed by atoms with Crippen molar-refractivity contribution in [3.8, 4) is 0 Å². The van der Waals surface area contributed by atoms with Crippen molar-refractivity contribution < 1.29 is 14.1 Å². The first-order valence-electron chi connectivity index (χ1n) is 6.33. The number of hydrogen-bond acceptors (Lipinski definition) is 5. The Bertz CT molecular complexity index is 368. The van der Waals surface area contributed by atoms with Gasteiger partial charge in [0, 0.05) is 12.1 Å². The van der Waals surface area contributed by atoms with Gasteiger partial charge >= 0.3 is 5.97 Å². The zero-order valence-corrected chi connectivity index (χ0v) is 11.6. The van der Waals surface area contributed by atoms with Gasteiger partial charge in [0.15, 0.2) is 0 Å². The van der Waals surface area contributed by atoms with E-state index in [0.29, 0.717) is 6.54 Å². The number of aromatic nitrogens is 1. The molecule has 0 aliphatic rings. The van der Waals surface area contributed by atoms with Crippen LogP contribution in [0.25, 0.3) is 0 Å². The molecule has 0 saturated heterocycles. The molecular formula is C13H22N2O3. The first kappa shape index (κ1) is 14.7. The predicted octanol–water partition coefficient (Wildman–Crippen LogP) is 2.11. The van der Waals surface area contributed by atoms with E-state index < -0.39 is 0 Å². The van der Waals surface area contributed by atoms with Crippen LogP contribution in [0.4, 0.5) is 0 Å². The van der Waals surface area contributed by atoms with Gasteiger partial charge < -0.3 is 14.6 Å². The van der Waals surface area contributed by atoms with Gasteiger partial charge in [0.25, 0.3) is 0 Å². The molecule has 0 fully saturated rings. The largest absolute Gasteiger partial charge is 0.468 e. The van der Waals surface area contributed by atoms with E-state index in [1.54, 1.807) is 0 Å². The number of carbonyl (C=O) groups is 1. The molecule has 0 radical (unpaired) electrons. The fourth-order valence-electron chi connectivity index (χ4n) is 1.83. The van der Waals surface area contributed by atoms with Crippen LogP contribution in [0.1, 0.15) is 43.2 Å². The van der Waals surface area contributed by atoms with Crippen LogP contribution in [0.2, 0.25) is 0 Å². The summed E-state index contributed by atoms with van der Waals surface area (Å²) in [6.45, 7) is 6.44. The second-order valence-corrected chi connectivity index (χ2v) is 4.40. The van der Waals surface area contributed by atoms with Crippen LogP contribution in [-0.4, -0.2) is 24.3 Å². The SMILES string of the molecule is CCCCC(NCc1c(C)noc1C)C(=O)OC. The maximum atomic E-state index is 11.6. The monoisotopic (exact) mass is 254 g/mol. The second kappa shape index (κ2) is 7.16. The average molecular weight is 254 g/mol. The van der Waals surface area contributed by atoms with Crippen LogP contribution in [-0.2, 0) is 16.1 Å². The van der Waals surface area contributed by atoms with Crippen molar-refractivity contribution in [1.29, 1.82) is 0 Å². The zero-order valence-electron chi connectivity index (χ0n) is 11.6. The molecule has 1 unspecified atom stereocenters. The van der Waals surface area contributed by atoms with Gasteiger partial charge in [0.2, 0.25) is 0 Å². The summed E-state index contributed by atoms with van der Waals surface area (Å²) < 4.78 is 9.89. The maximum Gasteiger partial charge on any atom is 0.322 e. The Balaban J connectivity index is 2.58. The number of hydrogen-bond donors (Lipinski definition) is 1. The van der Waals surface area contributed by atoms with Crippen LogP contribution in [0.15, 0.2) is 4.52 Å². The molecule has 1 atom stereocenters. The summed E-state index contributed by atoms with van der Waals surface area (Å²) in [7, 11) is 1.42. The molecule has 0 aliphatic carbocycles. The van der Waals surface area contributed by atoms with Crippen LogP contribution < -0.4 is 5.32 Å². The van der Waals surface area contributed by atoms with Gasteiger partial charge in [-0.25, -0.2) is 0 Å². The van der Waals surface area contributed by atoms with Gasteiger partial charge in [0.05, 0.1) is 12.8 Å². The Morgan fingerprint density at radius 3 is 2.72 bits per heavy atom. The first-order chi connectivity index (χ1) is 8.60. The Hall–Kier alpha value is -1.36. The molecule has 5 nitrogen and oxygen atoms in total. The van der Waals surface area contributed by atoms with Gasteiger partial charge in [-0.05, 0) is 20.3 Å². The molecule has 1 rings (SSSR count). The lowest BCUT2D eigenvalue weighted by molar-refractivity contribution is -0.143. The highest BCUT2D eigenvalue weighted by Crippen LogP contribution is 2.12. The summed E-state index contributed by atoms with van der Waals surface area (Å²) in [4.78, 5) is 11.6. The van der Waals surface area contributed by atoms with Crippen molar-refractivity contribution in [3.05, 3.63) is 17.0 Å². The van der Waals surface area contributed by atoms with E-state index in [4.69, 9.17) is 9.26 Å². The number of ether oxygens (including phenoxy) is 1. The molecule has 0 saturated carbocycles. The van der Waals surface area contributed by atoms with E-state index in [0.717, 1.165) is 36.3 Å². The smallest absolute Gasteiger partial charge is 0.322 e. The minimum Gasteiger partial charge on any atom is -0.468 e. The Morgan fingerprint density at radius 2 is 2.22 bits per heavy atom. The van der Waals surface area contributed by atoms with Gasteiger partial charge in [-0.2, -0.15) is 0 Å². The van der Waals surface area contributed by atoms with Crippen molar-refractivity contribution in [2.75, 3.05) is 7.11 Å². The highest BCUT2D eigenvalue weighted by Gasteiger charge is 2.19. The number of carbonyl (C=O) groups excluding carboxylic acids is 1. The number of esters is 1. The van der Waals surface area contributed by atoms with E-state index in [2.05, 4.69) is 17.4 Å². The summed E-state index contributed by atoms with van der Waals surface area (Å²) in [6, 6.07) is -0.261. The molecular weight excluding hydrogens is 232 g/mol. The fraction of sp³-hybridized carbons (Fsp3) is 0.692. The highest BCUT2D eigenvalue weighted by molar-refractivity contribution is 5.75. The van der Waals surface area contributed by atoms with E-state index in [-0.39, 0.29) is 12.0 Å². The molecule has 5 heteroatoms. The molecule has 0 amide bonds. The third kappa shape index (κ3) is 3.84. The molecule has 0 aromatic carbocycles. The molecule has 0 aliphatic heterocycles. The van der Waals surface area contributed by atoms with E-state index in [1.165, 1.54) is 7.11 Å². The number of nitrogens with zero attached hydrogens (tertiary/aromatic N) is 1. The minimum atomic E-state index is -0.261. The minimum absolute atomic E-state index is 0.213. The quantitative estimate of drug-likeness (QED) is 0.755. The lowest BCUT2D eigenvalue weighted by Crippen LogP contribution is -2.37. The Morgan fingerprint density at radius 1 is 1.50 bits per heavy atom. The summed E-state index contributed by atoms with van der Waals surface area (Å²) in [5.74, 6) is 0.578. The molecule has 1 aromatic heterocycles. The van der Waals surface area contributed by atoms with Crippen molar-refractivity contribution in [1.82, 2.24) is 10.5 Å². The first-order valence-corrected chi connectivity index (χ1v) is 6.33. The number of unbranched alkanes of at least 4 members (excludes halogenated alkanes) is 1. The van der Waals surface area contributed by atoms with E-state index >= 15 is 0 Å². The van der Waals surface area contributed by atoms with Crippen molar-refractivity contribution in [3.63, 3.8) is 0 Å². The van der Waals surface area contributed by atoms with Crippen molar-refractivity contribution in [2.24, 2.45) is 0 Å². The predicted molar refractivity (Wildman–Crippen MR) is 68.1 cm³/mol. The standard InChI is InChI=1S/C13H22N2O3/c1-5-6-7-12(13(16)17-4)14-8-11-9(2)15-18-10(11)3/h12,14H,5-8H2,1-4H3. The Kier molecular flexibility index (Phi) is 5.85. The molecule has 1 aromatic rings. The summed E-state index contributed by atoms with van der Waals surface area (Å²) in [5.41, 5.74) is 1.87. The van der Waals surface area contributed by atoms with Crippen LogP contribution in [0.3, 0.4) is 0 Å². The van der Waals surface area contributed by atoms with Crippen LogP contribution in [0, 0.1) is 13.8 Å². The summed E-state index contributed by atoms with van der Waals surface area (Å²) in [6.07, 6.45) is 2.83. The van der Waals surface area contributed by atoms with Crippen LogP contribution in [0.5, 0.6) is 0 Å². The maximum absolute atomic E-state index is 11.6. The third-order valence-corrected chi connectivity index (χ3v) is 3.04. The normalized spacial score (nSPS) is 12.4. The zero-order chi connectivity index (χ0) is 13.5. The van der Waals surface area contributed by atoms with Gasteiger partial charge in [0.1, 0.15) is 11.8 Å². The number of rotatable bonds is 7. The molecule has 1 N–H and O–H groups in total. The van der Waals surface area contributed by atoms with Gasteiger partial charge in [-0.15, -0.1) is 0 Å².